The predicted molar refractivity (Wildman–Crippen MR) is 71.5 cm³/mol. The maximum Gasteiger partial charge on any atom is 0.407 e. The van der Waals surface area contributed by atoms with Crippen molar-refractivity contribution in [2.75, 3.05) is 6.54 Å². The Morgan fingerprint density at radius 3 is 2.14 bits per heavy atom. The first-order valence-corrected chi connectivity index (χ1v) is 6.20. The van der Waals surface area contributed by atoms with Crippen molar-refractivity contribution in [2.24, 2.45) is 0 Å². The summed E-state index contributed by atoms with van der Waals surface area (Å²) < 4.78 is 32.6. The van der Waals surface area contributed by atoms with Crippen molar-refractivity contribution in [3.05, 3.63) is 35.4 Å². The summed E-state index contributed by atoms with van der Waals surface area (Å²) in [5.74, 6) is -4.52. The maximum atomic E-state index is 13.9. The van der Waals surface area contributed by atoms with Gasteiger partial charge in [0, 0.05) is 5.56 Å². The van der Waals surface area contributed by atoms with Crippen LogP contribution in [0.15, 0.2) is 24.3 Å². The van der Waals surface area contributed by atoms with Crippen molar-refractivity contribution < 1.29 is 28.2 Å². The van der Waals surface area contributed by atoms with Crippen LogP contribution in [0.25, 0.3) is 0 Å². The molecule has 1 aromatic carbocycles. The van der Waals surface area contributed by atoms with E-state index in [0.29, 0.717) is 0 Å². The minimum absolute atomic E-state index is 0.0883. The molecule has 0 radical (unpaired) electrons. The molecule has 0 saturated carbocycles. The van der Waals surface area contributed by atoms with Crippen LogP contribution in [-0.4, -0.2) is 29.3 Å². The zero-order valence-corrected chi connectivity index (χ0v) is 11.9. The average Bonchev–Trinajstić information content (AvgIpc) is 2.34. The molecule has 0 unspecified atom stereocenters. The molecule has 1 aromatic rings. The third-order valence-electron chi connectivity index (χ3n) is 2.41. The van der Waals surface area contributed by atoms with Gasteiger partial charge < -0.3 is 15.2 Å². The number of ether oxygens (including phenoxy) is 1. The van der Waals surface area contributed by atoms with Gasteiger partial charge in [0.1, 0.15) is 5.60 Å². The molecule has 0 bridgehead atoms. The number of aromatic carboxylic acids is 1. The summed E-state index contributed by atoms with van der Waals surface area (Å²) in [6.07, 6.45) is -0.940. The lowest BCUT2D eigenvalue weighted by Crippen LogP contribution is -2.38. The number of carboxylic acids is 1. The Morgan fingerprint density at radius 2 is 1.71 bits per heavy atom. The van der Waals surface area contributed by atoms with Crippen molar-refractivity contribution in [1.82, 2.24) is 5.32 Å². The Balaban J connectivity index is 2.68. The zero-order chi connectivity index (χ0) is 16.3. The first kappa shape index (κ1) is 16.9. The average molecular weight is 301 g/mol. The smallest absolute Gasteiger partial charge is 0.407 e. The number of hydrogen-bond donors (Lipinski definition) is 2. The molecule has 0 aliphatic carbocycles. The number of alkyl carbamates (subject to hydrolysis) is 1. The van der Waals surface area contributed by atoms with Gasteiger partial charge in [0.2, 0.25) is 0 Å². The predicted octanol–water partition coefficient (Wildman–Crippen LogP) is 3.00. The first-order valence-electron chi connectivity index (χ1n) is 6.20. The van der Waals surface area contributed by atoms with Gasteiger partial charge in [-0.1, -0.05) is 12.1 Å². The molecule has 0 spiro atoms. The van der Waals surface area contributed by atoms with Crippen molar-refractivity contribution in [3.63, 3.8) is 0 Å². The summed E-state index contributed by atoms with van der Waals surface area (Å²) in [6, 6.07) is 4.19. The minimum Gasteiger partial charge on any atom is -0.478 e. The Kier molecular flexibility index (Phi) is 4.88. The van der Waals surface area contributed by atoms with Gasteiger partial charge in [-0.25, -0.2) is 9.59 Å². The fourth-order valence-electron chi connectivity index (χ4n) is 1.46. The van der Waals surface area contributed by atoms with Crippen LogP contribution in [0.2, 0.25) is 0 Å². The van der Waals surface area contributed by atoms with Crippen LogP contribution in [0.3, 0.4) is 0 Å². The molecule has 0 aliphatic heterocycles. The van der Waals surface area contributed by atoms with Crippen molar-refractivity contribution in [3.8, 4) is 0 Å². The number of alkyl halides is 2. The summed E-state index contributed by atoms with van der Waals surface area (Å²) >= 11 is 0. The quantitative estimate of drug-likeness (QED) is 0.896. The van der Waals surface area contributed by atoms with E-state index in [0.717, 1.165) is 24.3 Å². The normalized spacial score (nSPS) is 11.9. The molecule has 5 nitrogen and oxygen atoms in total. The molecular formula is C14H17F2NO4. The Labute approximate surface area is 120 Å². The number of hydrogen-bond acceptors (Lipinski definition) is 3. The van der Waals surface area contributed by atoms with E-state index in [2.05, 4.69) is 0 Å². The number of amides is 1. The van der Waals surface area contributed by atoms with Gasteiger partial charge >= 0.3 is 12.1 Å². The van der Waals surface area contributed by atoms with Gasteiger partial charge in [0.25, 0.3) is 5.92 Å². The zero-order valence-electron chi connectivity index (χ0n) is 11.9. The van der Waals surface area contributed by atoms with E-state index in [9.17, 15) is 18.4 Å². The van der Waals surface area contributed by atoms with E-state index in [1.807, 2.05) is 5.32 Å². The van der Waals surface area contributed by atoms with Crippen LogP contribution in [0, 0.1) is 0 Å². The Bertz CT molecular complexity index is 521. The van der Waals surface area contributed by atoms with Crippen molar-refractivity contribution in [2.45, 2.75) is 32.3 Å². The molecule has 21 heavy (non-hydrogen) atoms. The molecule has 0 aromatic heterocycles. The third-order valence-corrected chi connectivity index (χ3v) is 2.41. The molecule has 7 heteroatoms. The van der Waals surface area contributed by atoms with Crippen molar-refractivity contribution >= 4 is 12.1 Å². The highest BCUT2D eigenvalue weighted by Gasteiger charge is 2.32. The fourth-order valence-corrected chi connectivity index (χ4v) is 1.46. The molecule has 0 aliphatic rings. The van der Waals surface area contributed by atoms with E-state index in [4.69, 9.17) is 9.84 Å². The van der Waals surface area contributed by atoms with Crippen LogP contribution < -0.4 is 5.32 Å². The van der Waals surface area contributed by atoms with Crippen molar-refractivity contribution in [1.29, 1.82) is 0 Å². The summed E-state index contributed by atoms with van der Waals surface area (Å²) in [5, 5.41) is 10.7. The van der Waals surface area contributed by atoms with Crippen LogP contribution in [-0.2, 0) is 10.7 Å². The fraction of sp³-hybridized carbons (Fsp3) is 0.429. The van der Waals surface area contributed by atoms with E-state index < -0.39 is 30.1 Å². The van der Waals surface area contributed by atoms with Gasteiger partial charge in [-0.2, -0.15) is 8.78 Å². The Hall–Kier alpha value is -2.18. The molecule has 116 valence electrons. The minimum atomic E-state index is -3.33. The SMILES string of the molecule is CC(C)(C)OC(=O)NCC(F)(F)c1ccc(C(=O)O)cc1. The topological polar surface area (TPSA) is 75.6 Å². The van der Waals surface area contributed by atoms with E-state index in [1.165, 1.54) is 0 Å². The lowest BCUT2D eigenvalue weighted by Gasteiger charge is -2.22. The van der Waals surface area contributed by atoms with E-state index in [1.54, 1.807) is 20.8 Å². The third kappa shape index (κ3) is 5.37. The molecule has 1 amide bonds. The van der Waals surface area contributed by atoms with Crippen LogP contribution in [0.4, 0.5) is 13.6 Å². The number of rotatable bonds is 4. The summed E-state index contributed by atoms with van der Waals surface area (Å²) in [4.78, 5) is 22.0. The van der Waals surface area contributed by atoms with Gasteiger partial charge in [-0.05, 0) is 32.9 Å². The highest BCUT2D eigenvalue weighted by molar-refractivity contribution is 5.87. The second kappa shape index (κ2) is 6.07. The molecule has 1 rings (SSSR count). The molecule has 2 N–H and O–H groups in total. The van der Waals surface area contributed by atoms with E-state index in [-0.39, 0.29) is 11.1 Å². The van der Waals surface area contributed by atoms with Gasteiger partial charge in [0.15, 0.2) is 0 Å². The van der Waals surface area contributed by atoms with Crippen LogP contribution in [0.1, 0.15) is 36.7 Å². The number of carbonyl (C=O) groups is 2. The number of nitrogens with one attached hydrogen (secondary N) is 1. The highest BCUT2D eigenvalue weighted by atomic mass is 19.3. The summed E-state index contributed by atoms with van der Waals surface area (Å²) in [5.41, 5.74) is -1.25. The number of carboxylic acid groups (broad SMARTS) is 1. The van der Waals surface area contributed by atoms with Gasteiger partial charge in [-0.3, -0.25) is 0 Å². The lowest BCUT2D eigenvalue weighted by atomic mass is 10.1. The second-order valence-corrected chi connectivity index (χ2v) is 5.44. The largest absolute Gasteiger partial charge is 0.478 e. The van der Waals surface area contributed by atoms with E-state index >= 15 is 0 Å². The van der Waals surface area contributed by atoms with Crippen LogP contribution in [0.5, 0.6) is 0 Å². The van der Waals surface area contributed by atoms with Crippen LogP contribution >= 0.6 is 0 Å². The second-order valence-electron chi connectivity index (χ2n) is 5.44. The number of benzene rings is 1. The molecular weight excluding hydrogens is 284 g/mol. The lowest BCUT2D eigenvalue weighted by molar-refractivity contribution is -0.00914. The molecule has 0 heterocycles. The van der Waals surface area contributed by atoms with Gasteiger partial charge in [0.05, 0.1) is 12.1 Å². The van der Waals surface area contributed by atoms with Gasteiger partial charge in [-0.15, -0.1) is 0 Å². The summed E-state index contributed by atoms with van der Waals surface area (Å²) in [7, 11) is 0. The first-order chi connectivity index (χ1) is 9.51. The highest BCUT2D eigenvalue weighted by Crippen LogP contribution is 2.27. The Morgan fingerprint density at radius 1 is 1.19 bits per heavy atom. The molecule has 0 atom stereocenters. The standard InChI is InChI=1S/C14H17F2NO4/c1-13(2,3)21-12(20)17-8-14(15,16)10-6-4-9(5-7-10)11(18)19/h4-7H,8H2,1-3H3,(H,17,20)(H,18,19). The molecule has 0 saturated heterocycles. The monoisotopic (exact) mass is 301 g/mol. The molecule has 0 fully saturated rings. The number of halogens is 2. The maximum absolute atomic E-state index is 13.9. The number of carbonyl (C=O) groups excluding carboxylic acids is 1. The summed E-state index contributed by atoms with van der Waals surface area (Å²) in [6.45, 7) is 3.92.